The second kappa shape index (κ2) is 9.29. The number of Topliss-reactive ketones (excluding diaryl/α,β-unsaturated/α-hetero) is 1. The number of hydrogen-bond donors (Lipinski definition) is 1. The number of ketones is 1. The average Bonchev–Trinajstić information content (AvgIpc) is 3.00. The van der Waals surface area contributed by atoms with E-state index in [1.807, 2.05) is 12.1 Å². The van der Waals surface area contributed by atoms with Crippen LogP contribution in [0.4, 0.5) is 0 Å². The Bertz CT molecular complexity index is 456. The van der Waals surface area contributed by atoms with Gasteiger partial charge in [0.25, 0.3) is 0 Å². The molecule has 1 aromatic carbocycles. The van der Waals surface area contributed by atoms with Gasteiger partial charge >= 0.3 is 0 Å². The molecule has 1 saturated carbocycles. The van der Waals surface area contributed by atoms with Crippen LogP contribution in [0, 0.1) is 6.92 Å². The number of halogens is 1. The van der Waals surface area contributed by atoms with Crippen LogP contribution in [0.1, 0.15) is 49.7 Å². The lowest BCUT2D eigenvalue weighted by molar-refractivity contribution is -0.116. The first-order valence-electron chi connectivity index (χ1n) is 8.25. The van der Waals surface area contributed by atoms with Crippen LogP contribution in [0.3, 0.4) is 0 Å². The molecule has 4 heteroatoms. The summed E-state index contributed by atoms with van der Waals surface area (Å²) in [4.78, 5) is 10.2. The van der Waals surface area contributed by atoms with E-state index in [9.17, 15) is 4.79 Å². The van der Waals surface area contributed by atoms with Gasteiger partial charge in [-0.3, -0.25) is 4.79 Å². The number of aryl methyl sites for hydroxylation is 1. The number of ether oxygens (including phenoxy) is 1. The molecule has 0 atom stereocenters. The summed E-state index contributed by atoms with van der Waals surface area (Å²) in [5, 5.41) is 3.75. The number of carbonyl (C=O) groups excluding carboxylic acids is 1. The van der Waals surface area contributed by atoms with Gasteiger partial charge in [-0.15, -0.1) is 0 Å². The molecule has 0 spiro atoms. The maximum atomic E-state index is 10.2. The molecule has 1 saturated heterocycles. The summed E-state index contributed by atoms with van der Waals surface area (Å²) in [6.07, 6.45) is 7.60. The number of hydrogen-bond acceptors (Lipinski definition) is 3. The van der Waals surface area contributed by atoms with Crippen LogP contribution in [-0.4, -0.2) is 25.0 Å². The summed E-state index contributed by atoms with van der Waals surface area (Å²) in [6, 6.07) is 6.02. The molecule has 1 aliphatic carbocycles. The predicted octanol–water partition coefficient (Wildman–Crippen LogP) is 4.05. The van der Waals surface area contributed by atoms with E-state index < -0.39 is 0 Å². The van der Waals surface area contributed by atoms with Crippen molar-refractivity contribution in [1.82, 2.24) is 5.32 Å². The molecule has 2 aliphatic rings. The van der Waals surface area contributed by atoms with E-state index in [1.165, 1.54) is 37.7 Å². The monoisotopic (exact) mass is 323 g/mol. The van der Waals surface area contributed by atoms with Gasteiger partial charge in [-0.25, -0.2) is 0 Å². The largest absolute Gasteiger partial charge is 0.373 e. The molecule has 0 amide bonds. The van der Waals surface area contributed by atoms with Gasteiger partial charge in [0.2, 0.25) is 0 Å². The van der Waals surface area contributed by atoms with E-state index in [0.717, 1.165) is 23.6 Å². The predicted molar refractivity (Wildman–Crippen MR) is 90.3 cm³/mol. The van der Waals surface area contributed by atoms with Crippen molar-refractivity contribution < 1.29 is 9.53 Å². The topological polar surface area (TPSA) is 38.3 Å². The molecule has 1 heterocycles. The van der Waals surface area contributed by atoms with E-state index in [-0.39, 0.29) is 0 Å². The van der Waals surface area contributed by atoms with Crippen molar-refractivity contribution >= 4 is 17.4 Å². The molecule has 1 N–H and O–H groups in total. The maximum absolute atomic E-state index is 10.2. The molecule has 3 nitrogen and oxygen atoms in total. The van der Waals surface area contributed by atoms with Crippen molar-refractivity contribution in [2.45, 2.75) is 58.2 Å². The maximum Gasteiger partial charge on any atom is 0.147 e. The SMILES string of the molecule is Cc1cccc(Cl)c1COC1CCCCC1.O=C1CCNC1. The van der Waals surface area contributed by atoms with Gasteiger partial charge in [0.05, 0.1) is 19.3 Å². The number of nitrogens with one attached hydrogen (secondary N) is 1. The highest BCUT2D eigenvalue weighted by Gasteiger charge is 2.14. The number of carbonyl (C=O) groups is 1. The van der Waals surface area contributed by atoms with Crippen molar-refractivity contribution in [3.63, 3.8) is 0 Å². The van der Waals surface area contributed by atoms with E-state index in [2.05, 4.69) is 18.3 Å². The molecule has 3 rings (SSSR count). The van der Waals surface area contributed by atoms with Crippen LogP contribution in [0.15, 0.2) is 18.2 Å². The summed E-state index contributed by atoms with van der Waals surface area (Å²) in [6.45, 7) is 4.24. The Morgan fingerprint density at radius 3 is 2.59 bits per heavy atom. The highest BCUT2D eigenvalue weighted by Crippen LogP contribution is 2.25. The molecule has 0 aromatic heterocycles. The Hall–Kier alpha value is -0.900. The Morgan fingerprint density at radius 2 is 2.05 bits per heavy atom. The van der Waals surface area contributed by atoms with E-state index >= 15 is 0 Å². The lowest BCUT2D eigenvalue weighted by Crippen LogP contribution is -2.16. The highest BCUT2D eigenvalue weighted by atomic mass is 35.5. The third kappa shape index (κ3) is 5.71. The minimum atomic E-state index is 0.343. The zero-order valence-corrected chi connectivity index (χ0v) is 14.1. The Labute approximate surface area is 138 Å². The molecular weight excluding hydrogens is 298 g/mol. The van der Waals surface area contributed by atoms with Crippen LogP contribution in [0.2, 0.25) is 5.02 Å². The van der Waals surface area contributed by atoms with Gasteiger partial charge in [-0.1, -0.05) is 43.0 Å². The van der Waals surface area contributed by atoms with Crippen molar-refractivity contribution in [1.29, 1.82) is 0 Å². The summed E-state index contributed by atoms with van der Waals surface area (Å²) >= 11 is 6.17. The van der Waals surface area contributed by atoms with Gasteiger partial charge in [0, 0.05) is 18.0 Å². The first kappa shape index (κ1) is 17.5. The van der Waals surface area contributed by atoms with E-state index in [4.69, 9.17) is 16.3 Å². The number of benzene rings is 1. The first-order chi connectivity index (χ1) is 10.7. The molecule has 0 unspecified atom stereocenters. The fraction of sp³-hybridized carbons (Fsp3) is 0.611. The molecule has 1 aliphatic heterocycles. The summed E-state index contributed by atoms with van der Waals surface area (Å²) < 4.78 is 5.95. The third-order valence-electron chi connectivity index (χ3n) is 4.27. The second-order valence-corrected chi connectivity index (χ2v) is 6.48. The van der Waals surface area contributed by atoms with E-state index in [1.54, 1.807) is 0 Å². The van der Waals surface area contributed by atoms with Gasteiger partial charge in [-0.05, 0) is 37.0 Å². The fourth-order valence-corrected chi connectivity index (χ4v) is 3.10. The van der Waals surface area contributed by atoms with Gasteiger partial charge < -0.3 is 10.1 Å². The van der Waals surface area contributed by atoms with Crippen molar-refractivity contribution in [3.05, 3.63) is 34.3 Å². The molecule has 1 aromatic rings. The zero-order valence-electron chi connectivity index (χ0n) is 13.4. The van der Waals surface area contributed by atoms with Crippen molar-refractivity contribution in [2.24, 2.45) is 0 Å². The minimum Gasteiger partial charge on any atom is -0.373 e. The smallest absolute Gasteiger partial charge is 0.147 e. The van der Waals surface area contributed by atoms with E-state index in [0.29, 0.717) is 25.0 Å². The number of rotatable bonds is 3. The summed E-state index contributed by atoms with van der Waals surface area (Å²) in [5.74, 6) is 0.343. The summed E-state index contributed by atoms with van der Waals surface area (Å²) in [5.41, 5.74) is 2.37. The molecule has 22 heavy (non-hydrogen) atoms. The van der Waals surface area contributed by atoms with Crippen LogP contribution in [0.5, 0.6) is 0 Å². The molecular formula is C18H26ClNO2. The zero-order chi connectivity index (χ0) is 15.8. The van der Waals surface area contributed by atoms with Crippen LogP contribution in [-0.2, 0) is 16.1 Å². The highest BCUT2D eigenvalue weighted by molar-refractivity contribution is 6.31. The van der Waals surface area contributed by atoms with Gasteiger partial charge in [0.15, 0.2) is 0 Å². The standard InChI is InChI=1S/C14H19ClO.C4H7NO/c1-11-6-5-9-14(15)13(11)10-16-12-7-3-2-4-8-12;6-4-1-2-5-3-4/h5-6,9,12H,2-4,7-8,10H2,1H3;5H,1-3H2. The molecule has 0 bridgehead atoms. The summed E-state index contributed by atoms with van der Waals surface area (Å²) in [7, 11) is 0. The molecule has 0 radical (unpaired) electrons. The molecule has 2 fully saturated rings. The van der Waals surface area contributed by atoms with Crippen molar-refractivity contribution in [3.8, 4) is 0 Å². The van der Waals surface area contributed by atoms with Crippen LogP contribution < -0.4 is 5.32 Å². The Balaban J connectivity index is 0.000000246. The van der Waals surface area contributed by atoms with Crippen molar-refractivity contribution in [2.75, 3.05) is 13.1 Å². The van der Waals surface area contributed by atoms with Crippen LogP contribution >= 0.6 is 11.6 Å². The Morgan fingerprint density at radius 1 is 1.27 bits per heavy atom. The average molecular weight is 324 g/mol. The normalized spacial score (nSPS) is 18.9. The fourth-order valence-electron chi connectivity index (χ4n) is 2.83. The first-order valence-corrected chi connectivity index (χ1v) is 8.62. The molecule has 122 valence electrons. The minimum absolute atomic E-state index is 0.343. The van der Waals surface area contributed by atoms with Crippen LogP contribution in [0.25, 0.3) is 0 Å². The second-order valence-electron chi connectivity index (χ2n) is 6.07. The van der Waals surface area contributed by atoms with Gasteiger partial charge in [-0.2, -0.15) is 0 Å². The quantitative estimate of drug-likeness (QED) is 0.912. The van der Waals surface area contributed by atoms with Gasteiger partial charge in [0.1, 0.15) is 5.78 Å². The lowest BCUT2D eigenvalue weighted by atomic mass is 9.98. The third-order valence-corrected chi connectivity index (χ3v) is 4.63. The Kier molecular flexibility index (Phi) is 7.37. The lowest BCUT2D eigenvalue weighted by Gasteiger charge is -2.22.